The topological polar surface area (TPSA) is 47.3 Å². The minimum Gasteiger partial charge on any atom is -0.390 e. The van der Waals surface area contributed by atoms with Gasteiger partial charge in [-0.3, -0.25) is 4.68 Å². The van der Waals surface area contributed by atoms with Crippen molar-refractivity contribution in [3.63, 3.8) is 0 Å². The molecule has 0 spiro atoms. The quantitative estimate of drug-likeness (QED) is 0.863. The van der Waals surface area contributed by atoms with Gasteiger partial charge in [0.2, 0.25) is 0 Å². The molecule has 0 saturated carbocycles. The van der Waals surface area contributed by atoms with Gasteiger partial charge in [-0.2, -0.15) is 5.10 Å². The predicted octanol–water partition coefficient (Wildman–Crippen LogP) is 2.82. The molecule has 4 heteroatoms. The molecule has 1 aromatic heterocycles. The molecule has 110 valence electrons. The number of nitrogens with zero attached hydrogens (tertiary/aromatic N) is 2. The molecule has 2 atom stereocenters. The van der Waals surface area contributed by atoms with Gasteiger partial charge in [-0.25, -0.2) is 0 Å². The van der Waals surface area contributed by atoms with E-state index in [9.17, 15) is 5.11 Å². The third kappa shape index (κ3) is 4.62. The minimum absolute atomic E-state index is 0.0873. The highest BCUT2D eigenvalue weighted by Crippen LogP contribution is 2.26. The first-order valence-corrected chi connectivity index (χ1v) is 7.09. The Hall–Kier alpha value is -0.870. The molecule has 0 fully saturated rings. The molecule has 0 aliphatic rings. The summed E-state index contributed by atoms with van der Waals surface area (Å²) in [6.07, 6.45) is 1.78. The van der Waals surface area contributed by atoms with Crippen LogP contribution >= 0.6 is 0 Å². The second-order valence-corrected chi connectivity index (χ2v) is 6.39. The van der Waals surface area contributed by atoms with Crippen molar-refractivity contribution in [2.24, 2.45) is 5.41 Å². The zero-order valence-corrected chi connectivity index (χ0v) is 13.1. The smallest absolute Gasteiger partial charge is 0.0885 e. The molecule has 1 heterocycles. The number of aliphatic hydroxyl groups is 1. The largest absolute Gasteiger partial charge is 0.390 e. The lowest BCUT2D eigenvalue weighted by Crippen LogP contribution is -2.41. The molecule has 0 amide bonds. The van der Waals surface area contributed by atoms with E-state index < -0.39 is 6.10 Å². The van der Waals surface area contributed by atoms with Crippen molar-refractivity contribution in [1.82, 2.24) is 9.78 Å². The Bertz CT molecular complexity index is 380. The molecule has 0 bridgehead atoms. The third-order valence-corrected chi connectivity index (χ3v) is 3.16. The van der Waals surface area contributed by atoms with E-state index in [1.54, 1.807) is 0 Å². The van der Waals surface area contributed by atoms with Crippen LogP contribution < -0.4 is 0 Å². The SMILES string of the molecule is CCOC(C(O)Cc1ccn(C(C)C)n1)C(C)(C)C. The maximum absolute atomic E-state index is 10.4. The Kier molecular flexibility index (Phi) is 5.56. The van der Waals surface area contributed by atoms with Crippen molar-refractivity contribution in [1.29, 1.82) is 0 Å². The Balaban J connectivity index is 2.72. The lowest BCUT2D eigenvalue weighted by molar-refractivity contribution is -0.0876. The van der Waals surface area contributed by atoms with Gasteiger partial charge < -0.3 is 9.84 Å². The van der Waals surface area contributed by atoms with Gasteiger partial charge in [-0.1, -0.05) is 20.8 Å². The van der Waals surface area contributed by atoms with Crippen molar-refractivity contribution < 1.29 is 9.84 Å². The average Bonchev–Trinajstić information content (AvgIpc) is 2.72. The maximum Gasteiger partial charge on any atom is 0.0885 e. The van der Waals surface area contributed by atoms with Gasteiger partial charge in [0.15, 0.2) is 0 Å². The molecule has 0 aliphatic carbocycles. The summed E-state index contributed by atoms with van der Waals surface area (Å²) in [4.78, 5) is 0. The maximum atomic E-state index is 10.4. The van der Waals surface area contributed by atoms with Crippen molar-refractivity contribution in [3.05, 3.63) is 18.0 Å². The summed E-state index contributed by atoms with van der Waals surface area (Å²) >= 11 is 0. The van der Waals surface area contributed by atoms with Crippen molar-refractivity contribution in [3.8, 4) is 0 Å². The zero-order valence-electron chi connectivity index (χ0n) is 13.1. The standard InChI is InChI=1S/C15H28N2O2/c1-7-19-14(15(4,5)6)13(18)10-12-8-9-17(16-12)11(2)3/h8-9,11,13-14,18H,7,10H2,1-6H3. The summed E-state index contributed by atoms with van der Waals surface area (Å²) in [5.41, 5.74) is 0.825. The average molecular weight is 268 g/mol. The minimum atomic E-state index is -0.532. The molecule has 4 nitrogen and oxygen atoms in total. The molecule has 19 heavy (non-hydrogen) atoms. The van der Waals surface area contributed by atoms with Gasteiger partial charge in [-0.15, -0.1) is 0 Å². The molecule has 1 N–H and O–H groups in total. The van der Waals surface area contributed by atoms with E-state index in [2.05, 4.69) is 39.7 Å². The van der Waals surface area contributed by atoms with E-state index in [4.69, 9.17) is 4.74 Å². The van der Waals surface area contributed by atoms with Crippen LogP contribution in [-0.2, 0) is 11.2 Å². The van der Waals surface area contributed by atoms with E-state index in [-0.39, 0.29) is 11.5 Å². The van der Waals surface area contributed by atoms with Gasteiger partial charge in [0.1, 0.15) is 0 Å². The van der Waals surface area contributed by atoms with Crippen LogP contribution in [0.4, 0.5) is 0 Å². The first kappa shape index (κ1) is 16.2. The van der Waals surface area contributed by atoms with Gasteiger partial charge in [-0.05, 0) is 32.3 Å². The fourth-order valence-electron chi connectivity index (χ4n) is 2.21. The summed E-state index contributed by atoms with van der Waals surface area (Å²) < 4.78 is 7.62. The van der Waals surface area contributed by atoms with E-state index in [1.165, 1.54) is 0 Å². The van der Waals surface area contributed by atoms with Crippen LogP contribution in [0, 0.1) is 5.41 Å². The second-order valence-electron chi connectivity index (χ2n) is 6.39. The van der Waals surface area contributed by atoms with Crippen LogP contribution in [0.15, 0.2) is 12.3 Å². The predicted molar refractivity (Wildman–Crippen MR) is 77.2 cm³/mol. The Labute approximate surface area is 116 Å². The molecule has 0 aliphatic heterocycles. The molecule has 0 radical (unpaired) electrons. The van der Waals surface area contributed by atoms with Crippen molar-refractivity contribution in [2.75, 3.05) is 6.61 Å². The number of aliphatic hydroxyl groups excluding tert-OH is 1. The van der Waals surface area contributed by atoms with E-state index in [0.717, 1.165) is 5.69 Å². The number of aromatic nitrogens is 2. The highest BCUT2D eigenvalue weighted by molar-refractivity contribution is 5.02. The fourth-order valence-corrected chi connectivity index (χ4v) is 2.21. The van der Waals surface area contributed by atoms with Gasteiger partial charge >= 0.3 is 0 Å². The first-order valence-electron chi connectivity index (χ1n) is 7.09. The molecule has 1 aromatic rings. The summed E-state index contributed by atoms with van der Waals surface area (Å²) in [6.45, 7) is 13.0. The monoisotopic (exact) mass is 268 g/mol. The first-order chi connectivity index (χ1) is 8.75. The second kappa shape index (κ2) is 6.53. The number of ether oxygens (including phenoxy) is 1. The van der Waals surface area contributed by atoms with Crippen molar-refractivity contribution in [2.45, 2.75) is 66.2 Å². The van der Waals surface area contributed by atoms with Gasteiger partial charge in [0.05, 0.1) is 17.9 Å². The lowest BCUT2D eigenvalue weighted by Gasteiger charge is -2.33. The van der Waals surface area contributed by atoms with E-state index >= 15 is 0 Å². The van der Waals surface area contributed by atoms with Crippen LogP contribution in [0.5, 0.6) is 0 Å². The van der Waals surface area contributed by atoms with Crippen LogP contribution in [-0.4, -0.2) is 33.7 Å². The van der Waals surface area contributed by atoms with E-state index in [1.807, 2.05) is 23.9 Å². The number of hydrogen-bond donors (Lipinski definition) is 1. The summed E-state index contributed by atoms with van der Waals surface area (Å²) in [7, 11) is 0. The molecular weight excluding hydrogens is 240 g/mol. The lowest BCUT2D eigenvalue weighted by atomic mass is 9.84. The molecular formula is C15H28N2O2. The Morgan fingerprint density at radius 1 is 1.37 bits per heavy atom. The summed E-state index contributed by atoms with van der Waals surface area (Å²) in [5, 5.41) is 14.9. The summed E-state index contributed by atoms with van der Waals surface area (Å²) in [5.74, 6) is 0. The summed E-state index contributed by atoms with van der Waals surface area (Å²) in [6, 6.07) is 2.31. The fraction of sp³-hybridized carbons (Fsp3) is 0.800. The van der Waals surface area contributed by atoms with Crippen LogP contribution in [0.1, 0.15) is 53.3 Å². The number of hydrogen-bond acceptors (Lipinski definition) is 3. The van der Waals surface area contributed by atoms with Crippen LogP contribution in [0.2, 0.25) is 0 Å². The highest BCUT2D eigenvalue weighted by Gasteiger charge is 2.32. The normalized spacial score (nSPS) is 15.8. The molecule has 0 aromatic carbocycles. The molecule has 2 unspecified atom stereocenters. The zero-order chi connectivity index (χ0) is 14.6. The van der Waals surface area contributed by atoms with Gasteiger partial charge in [0.25, 0.3) is 0 Å². The Morgan fingerprint density at radius 3 is 2.42 bits per heavy atom. The Morgan fingerprint density at radius 2 is 2.00 bits per heavy atom. The van der Waals surface area contributed by atoms with Gasteiger partial charge in [0, 0.05) is 25.3 Å². The molecule has 0 saturated heterocycles. The molecule has 1 rings (SSSR count). The van der Waals surface area contributed by atoms with Crippen LogP contribution in [0.25, 0.3) is 0 Å². The van der Waals surface area contributed by atoms with Crippen LogP contribution in [0.3, 0.4) is 0 Å². The number of rotatable bonds is 6. The highest BCUT2D eigenvalue weighted by atomic mass is 16.5. The third-order valence-electron chi connectivity index (χ3n) is 3.16. The van der Waals surface area contributed by atoms with Crippen molar-refractivity contribution >= 4 is 0 Å². The van der Waals surface area contributed by atoms with E-state index in [0.29, 0.717) is 19.1 Å².